The van der Waals surface area contributed by atoms with Crippen LogP contribution >= 0.6 is 0 Å². The number of hydrogen-bond acceptors (Lipinski definition) is 2. The molecule has 0 saturated carbocycles. The summed E-state index contributed by atoms with van der Waals surface area (Å²) in [6.45, 7) is -0.412. The van der Waals surface area contributed by atoms with Gasteiger partial charge in [-0.25, -0.2) is 4.79 Å². The third-order valence-electron chi connectivity index (χ3n) is 1.73. The van der Waals surface area contributed by atoms with E-state index in [0.29, 0.717) is 12.0 Å². The second kappa shape index (κ2) is 4.60. The first-order valence-electron chi connectivity index (χ1n) is 4.01. The molecule has 0 atom stereocenters. The van der Waals surface area contributed by atoms with Gasteiger partial charge in [-0.15, -0.1) is 0 Å². The van der Waals surface area contributed by atoms with Crippen molar-refractivity contribution in [3.05, 3.63) is 35.4 Å². The van der Waals surface area contributed by atoms with Crippen LogP contribution in [-0.2, 0) is 11.2 Å². The third kappa shape index (κ3) is 2.54. The number of aryl methyl sites for hydroxylation is 1. The van der Waals surface area contributed by atoms with Crippen molar-refractivity contribution in [1.82, 2.24) is 0 Å². The minimum Gasteiger partial charge on any atom is -0.465 e. The van der Waals surface area contributed by atoms with Gasteiger partial charge >= 0.3 is 5.97 Å². The summed E-state index contributed by atoms with van der Waals surface area (Å²) in [5.41, 5.74) is 1.28. The van der Waals surface area contributed by atoms with Crippen LogP contribution in [0.2, 0.25) is 0 Å². The summed E-state index contributed by atoms with van der Waals surface area (Å²) >= 11 is 0. The number of alkyl halides is 1. The van der Waals surface area contributed by atoms with Crippen LogP contribution in [0, 0.1) is 0 Å². The van der Waals surface area contributed by atoms with E-state index in [1.54, 1.807) is 24.3 Å². The Morgan fingerprint density at radius 2 is 2.31 bits per heavy atom. The summed E-state index contributed by atoms with van der Waals surface area (Å²) in [7, 11) is 1.32. The number of benzene rings is 1. The molecule has 0 spiro atoms. The lowest BCUT2D eigenvalue weighted by Gasteiger charge is -2.01. The maximum atomic E-state index is 12.0. The number of hydrogen-bond donors (Lipinski definition) is 0. The molecule has 0 amide bonds. The molecule has 1 rings (SSSR count). The summed E-state index contributed by atoms with van der Waals surface area (Å²) < 4.78 is 16.5. The topological polar surface area (TPSA) is 26.3 Å². The van der Waals surface area contributed by atoms with Crippen molar-refractivity contribution in [2.45, 2.75) is 6.42 Å². The molecule has 0 unspecified atom stereocenters. The number of halogens is 1. The number of carbonyl (C=O) groups is 1. The average molecular weight is 182 g/mol. The molecule has 0 aliphatic heterocycles. The zero-order chi connectivity index (χ0) is 9.68. The Bertz CT molecular complexity index is 297. The maximum Gasteiger partial charge on any atom is 0.337 e. The van der Waals surface area contributed by atoms with Gasteiger partial charge < -0.3 is 4.74 Å². The van der Waals surface area contributed by atoms with Crippen LogP contribution in [0.15, 0.2) is 24.3 Å². The summed E-state index contributed by atoms with van der Waals surface area (Å²) in [5.74, 6) is -0.388. The molecule has 0 radical (unpaired) electrons. The highest BCUT2D eigenvalue weighted by Crippen LogP contribution is 2.07. The van der Waals surface area contributed by atoms with Crippen molar-refractivity contribution in [3.8, 4) is 0 Å². The minimum absolute atomic E-state index is 0.338. The number of ether oxygens (including phenoxy) is 1. The van der Waals surface area contributed by atoms with Gasteiger partial charge in [-0.05, 0) is 17.7 Å². The Balaban J connectivity index is 2.85. The Morgan fingerprint density at radius 1 is 1.54 bits per heavy atom. The van der Waals surface area contributed by atoms with Crippen molar-refractivity contribution in [1.29, 1.82) is 0 Å². The average Bonchev–Trinajstić information content (AvgIpc) is 2.18. The summed E-state index contributed by atoms with van der Waals surface area (Å²) in [6, 6.07) is 6.79. The zero-order valence-corrected chi connectivity index (χ0v) is 7.42. The van der Waals surface area contributed by atoms with Crippen molar-refractivity contribution in [2.24, 2.45) is 0 Å². The molecule has 0 aromatic heterocycles. The SMILES string of the molecule is COC(=O)c1cccc(CCF)c1. The first kappa shape index (κ1) is 9.71. The third-order valence-corrected chi connectivity index (χ3v) is 1.73. The molecule has 0 fully saturated rings. The van der Waals surface area contributed by atoms with Gasteiger partial charge in [-0.2, -0.15) is 0 Å². The molecule has 0 bridgehead atoms. The van der Waals surface area contributed by atoms with Crippen LogP contribution in [0.5, 0.6) is 0 Å². The van der Waals surface area contributed by atoms with Crippen molar-refractivity contribution < 1.29 is 13.9 Å². The quantitative estimate of drug-likeness (QED) is 0.668. The number of rotatable bonds is 3. The predicted octanol–water partition coefficient (Wildman–Crippen LogP) is 1.99. The van der Waals surface area contributed by atoms with Crippen LogP contribution < -0.4 is 0 Å². The number of carbonyl (C=O) groups excluding carboxylic acids is 1. The van der Waals surface area contributed by atoms with Crippen LogP contribution in [0.1, 0.15) is 15.9 Å². The normalized spacial score (nSPS) is 9.69. The molecule has 1 aromatic rings. The van der Waals surface area contributed by atoms with E-state index in [1.165, 1.54) is 7.11 Å². The van der Waals surface area contributed by atoms with Crippen LogP contribution in [0.3, 0.4) is 0 Å². The molecular formula is C10H11FO2. The van der Waals surface area contributed by atoms with E-state index in [2.05, 4.69) is 4.74 Å². The van der Waals surface area contributed by atoms with Gasteiger partial charge in [0, 0.05) is 6.42 Å². The van der Waals surface area contributed by atoms with Crippen LogP contribution in [0.25, 0.3) is 0 Å². The minimum atomic E-state index is -0.412. The standard InChI is InChI=1S/C10H11FO2/c1-13-10(12)9-4-2-3-8(7-9)5-6-11/h2-4,7H,5-6H2,1H3. The molecule has 0 saturated heterocycles. The first-order chi connectivity index (χ1) is 6.27. The fourth-order valence-electron chi connectivity index (χ4n) is 1.08. The summed E-state index contributed by atoms with van der Waals surface area (Å²) in [5, 5.41) is 0. The monoisotopic (exact) mass is 182 g/mol. The fraction of sp³-hybridized carbons (Fsp3) is 0.300. The summed E-state index contributed by atoms with van der Waals surface area (Å²) in [6.07, 6.45) is 0.338. The lowest BCUT2D eigenvalue weighted by molar-refractivity contribution is 0.0600. The molecule has 1 aromatic carbocycles. The highest BCUT2D eigenvalue weighted by atomic mass is 19.1. The molecule has 0 aliphatic rings. The van der Waals surface area contributed by atoms with E-state index in [-0.39, 0.29) is 5.97 Å². The van der Waals surface area contributed by atoms with E-state index in [1.807, 2.05) is 0 Å². The Morgan fingerprint density at radius 3 is 2.92 bits per heavy atom. The van der Waals surface area contributed by atoms with E-state index >= 15 is 0 Å². The lowest BCUT2D eigenvalue weighted by Crippen LogP contribution is -2.01. The first-order valence-corrected chi connectivity index (χ1v) is 4.01. The largest absolute Gasteiger partial charge is 0.465 e. The van der Waals surface area contributed by atoms with Crippen molar-refractivity contribution in [2.75, 3.05) is 13.8 Å². The molecule has 2 nitrogen and oxygen atoms in total. The maximum absolute atomic E-state index is 12.0. The molecule has 0 N–H and O–H groups in total. The van der Waals surface area contributed by atoms with Crippen molar-refractivity contribution in [3.63, 3.8) is 0 Å². The van der Waals surface area contributed by atoms with E-state index in [0.717, 1.165) is 5.56 Å². The molecule has 70 valence electrons. The van der Waals surface area contributed by atoms with Gasteiger partial charge in [-0.1, -0.05) is 12.1 Å². The Kier molecular flexibility index (Phi) is 3.43. The molecule has 13 heavy (non-hydrogen) atoms. The number of methoxy groups -OCH3 is 1. The van der Waals surface area contributed by atoms with Crippen molar-refractivity contribution >= 4 is 5.97 Å². The van der Waals surface area contributed by atoms with Gasteiger partial charge in [0.25, 0.3) is 0 Å². The van der Waals surface area contributed by atoms with Crippen LogP contribution in [0.4, 0.5) is 4.39 Å². The fourth-order valence-corrected chi connectivity index (χ4v) is 1.08. The second-order valence-corrected chi connectivity index (χ2v) is 2.63. The molecule has 3 heteroatoms. The van der Waals surface area contributed by atoms with Gasteiger partial charge in [-0.3, -0.25) is 4.39 Å². The Hall–Kier alpha value is -1.38. The van der Waals surface area contributed by atoms with Gasteiger partial charge in [0.1, 0.15) is 0 Å². The lowest BCUT2D eigenvalue weighted by atomic mass is 10.1. The van der Waals surface area contributed by atoms with E-state index in [4.69, 9.17) is 0 Å². The summed E-state index contributed by atoms with van der Waals surface area (Å²) in [4.78, 5) is 11.1. The smallest absolute Gasteiger partial charge is 0.337 e. The van der Waals surface area contributed by atoms with E-state index in [9.17, 15) is 9.18 Å². The zero-order valence-electron chi connectivity index (χ0n) is 7.42. The van der Waals surface area contributed by atoms with E-state index < -0.39 is 6.67 Å². The molecule has 0 aliphatic carbocycles. The predicted molar refractivity (Wildman–Crippen MR) is 47.5 cm³/mol. The molecule has 0 heterocycles. The second-order valence-electron chi connectivity index (χ2n) is 2.63. The van der Waals surface area contributed by atoms with Gasteiger partial charge in [0.2, 0.25) is 0 Å². The Labute approximate surface area is 76.3 Å². The van der Waals surface area contributed by atoms with Gasteiger partial charge in [0.15, 0.2) is 0 Å². The number of esters is 1. The highest BCUT2D eigenvalue weighted by Gasteiger charge is 2.04. The van der Waals surface area contributed by atoms with Gasteiger partial charge in [0.05, 0.1) is 19.3 Å². The van der Waals surface area contributed by atoms with Crippen LogP contribution in [-0.4, -0.2) is 19.8 Å². The highest BCUT2D eigenvalue weighted by molar-refractivity contribution is 5.89. The molecular weight excluding hydrogens is 171 g/mol.